The van der Waals surface area contributed by atoms with E-state index in [2.05, 4.69) is 9.97 Å². The van der Waals surface area contributed by atoms with Gasteiger partial charge >= 0.3 is 0 Å². The molecule has 3 aromatic rings. The van der Waals surface area contributed by atoms with E-state index in [4.69, 9.17) is 0 Å². The molecule has 148 valence electrons. The van der Waals surface area contributed by atoms with Crippen LogP contribution in [0.5, 0.6) is 0 Å². The second kappa shape index (κ2) is 7.95. The molecule has 1 aliphatic heterocycles. The minimum Gasteiger partial charge on any atom is -0.339 e. The molecule has 29 heavy (non-hydrogen) atoms. The van der Waals surface area contributed by atoms with Crippen LogP contribution in [0.3, 0.4) is 0 Å². The highest BCUT2D eigenvalue weighted by molar-refractivity contribution is 5.83. The predicted octanol–water partition coefficient (Wildman–Crippen LogP) is 3.45. The number of hydrogen-bond donors (Lipinski definition) is 1. The third kappa shape index (κ3) is 4.08. The van der Waals surface area contributed by atoms with Crippen molar-refractivity contribution in [3.05, 3.63) is 82.0 Å². The lowest BCUT2D eigenvalue weighted by molar-refractivity contribution is -0.130. The zero-order chi connectivity index (χ0) is 20.4. The molecule has 3 heterocycles. The van der Waals surface area contributed by atoms with Crippen molar-refractivity contribution in [2.24, 2.45) is 0 Å². The van der Waals surface area contributed by atoms with Crippen LogP contribution in [0.15, 0.2) is 53.5 Å². The number of aromatic nitrogens is 2. The van der Waals surface area contributed by atoms with Gasteiger partial charge in [-0.15, -0.1) is 0 Å². The Morgan fingerprint density at radius 2 is 2.07 bits per heavy atom. The molecule has 0 atom stereocenters. The quantitative estimate of drug-likeness (QED) is 0.688. The van der Waals surface area contributed by atoms with Crippen molar-refractivity contribution >= 4 is 22.3 Å². The van der Waals surface area contributed by atoms with Gasteiger partial charge in [-0.1, -0.05) is 18.2 Å². The summed E-state index contributed by atoms with van der Waals surface area (Å²) in [7, 11) is 0. The van der Waals surface area contributed by atoms with Crippen LogP contribution in [0.4, 0.5) is 8.78 Å². The zero-order valence-electron chi connectivity index (χ0n) is 15.6. The molecule has 0 aliphatic carbocycles. The Morgan fingerprint density at radius 3 is 2.83 bits per heavy atom. The molecule has 5 nitrogen and oxygen atoms in total. The summed E-state index contributed by atoms with van der Waals surface area (Å²) in [5, 5.41) is 0.551. The molecule has 1 amide bonds. The van der Waals surface area contributed by atoms with E-state index in [9.17, 15) is 18.4 Å². The first-order chi connectivity index (χ1) is 14.0. The highest BCUT2D eigenvalue weighted by Gasteiger charge is 2.18. The van der Waals surface area contributed by atoms with Crippen LogP contribution >= 0.6 is 0 Å². The lowest BCUT2D eigenvalue weighted by Gasteiger charge is -2.26. The Kier molecular flexibility index (Phi) is 5.20. The number of nitrogens with zero attached hydrogens (tertiary/aromatic N) is 2. The first-order valence-electron chi connectivity index (χ1n) is 9.40. The molecule has 0 bridgehead atoms. The Balaban J connectivity index is 1.41. The molecular formula is C22H19F2N3O2. The van der Waals surface area contributed by atoms with E-state index in [-0.39, 0.29) is 17.7 Å². The van der Waals surface area contributed by atoms with Crippen LogP contribution in [-0.4, -0.2) is 33.9 Å². The fourth-order valence-electron chi connectivity index (χ4n) is 3.63. The molecule has 1 aliphatic rings. The van der Waals surface area contributed by atoms with E-state index in [1.807, 2.05) is 6.08 Å². The number of aryl methyl sites for hydroxylation is 1. The van der Waals surface area contributed by atoms with E-state index >= 15 is 0 Å². The van der Waals surface area contributed by atoms with Gasteiger partial charge in [0.2, 0.25) is 11.9 Å². The van der Waals surface area contributed by atoms with Crippen molar-refractivity contribution in [2.75, 3.05) is 13.1 Å². The normalized spacial score (nSPS) is 14.1. The highest BCUT2D eigenvalue weighted by Crippen LogP contribution is 2.23. The van der Waals surface area contributed by atoms with Gasteiger partial charge < -0.3 is 9.88 Å². The Labute approximate surface area is 165 Å². The molecule has 0 unspecified atom stereocenters. The SMILES string of the molecule is O=C(CCc1cc2cccc(F)c2c(=O)[nH]1)N1CC=C(c2ccnc(F)c2)CC1. The summed E-state index contributed by atoms with van der Waals surface area (Å²) in [6, 6.07) is 9.34. The molecular weight excluding hydrogens is 376 g/mol. The largest absolute Gasteiger partial charge is 0.339 e. The smallest absolute Gasteiger partial charge is 0.258 e. The van der Waals surface area contributed by atoms with E-state index in [0.29, 0.717) is 37.0 Å². The van der Waals surface area contributed by atoms with E-state index < -0.39 is 17.3 Å². The minimum atomic E-state index is -0.559. The lowest BCUT2D eigenvalue weighted by atomic mass is 10.00. The first kappa shape index (κ1) is 19.0. The van der Waals surface area contributed by atoms with Crippen molar-refractivity contribution in [1.29, 1.82) is 0 Å². The van der Waals surface area contributed by atoms with Crippen molar-refractivity contribution in [2.45, 2.75) is 19.3 Å². The molecule has 1 N–H and O–H groups in total. The number of amides is 1. The maximum atomic E-state index is 13.8. The van der Waals surface area contributed by atoms with Crippen LogP contribution in [0.25, 0.3) is 16.3 Å². The molecule has 0 saturated heterocycles. The van der Waals surface area contributed by atoms with Crippen molar-refractivity contribution in [3.63, 3.8) is 0 Å². The van der Waals surface area contributed by atoms with Crippen LogP contribution in [-0.2, 0) is 11.2 Å². The maximum absolute atomic E-state index is 13.8. The first-order valence-corrected chi connectivity index (χ1v) is 9.40. The summed E-state index contributed by atoms with van der Waals surface area (Å²) in [5.41, 5.74) is 1.89. The summed E-state index contributed by atoms with van der Waals surface area (Å²) >= 11 is 0. The topological polar surface area (TPSA) is 66.1 Å². The third-order valence-corrected chi connectivity index (χ3v) is 5.14. The van der Waals surface area contributed by atoms with Gasteiger partial charge in [-0.3, -0.25) is 9.59 Å². The van der Waals surface area contributed by atoms with Crippen LogP contribution in [0.1, 0.15) is 24.1 Å². The van der Waals surface area contributed by atoms with Crippen molar-refractivity contribution < 1.29 is 13.6 Å². The molecule has 0 saturated carbocycles. The fraction of sp³-hybridized carbons (Fsp3) is 0.227. The third-order valence-electron chi connectivity index (χ3n) is 5.14. The zero-order valence-corrected chi connectivity index (χ0v) is 15.6. The summed E-state index contributed by atoms with van der Waals surface area (Å²) in [4.78, 5) is 32.6. The number of aromatic amines is 1. The standard InChI is InChI=1S/C22H19F2N3O2/c23-18-3-1-2-16-12-17(26-22(29)21(16)18)4-5-20(28)27-10-7-14(8-11-27)15-6-9-25-19(24)13-15/h1-3,6-7,9,12-13H,4-5,8,10-11H2,(H,26,29). The van der Waals surface area contributed by atoms with Gasteiger partial charge in [0, 0.05) is 37.5 Å². The Bertz CT molecular complexity index is 1170. The van der Waals surface area contributed by atoms with Gasteiger partial charge in [-0.2, -0.15) is 4.39 Å². The predicted molar refractivity (Wildman–Crippen MR) is 106 cm³/mol. The number of pyridine rings is 2. The minimum absolute atomic E-state index is 0.0265. The average Bonchev–Trinajstić information content (AvgIpc) is 2.72. The number of H-pyrrole nitrogens is 1. The van der Waals surface area contributed by atoms with Gasteiger partial charge in [0.1, 0.15) is 5.82 Å². The average molecular weight is 395 g/mol. The lowest BCUT2D eigenvalue weighted by Crippen LogP contribution is -2.34. The van der Waals surface area contributed by atoms with Gasteiger partial charge in [0.05, 0.1) is 5.39 Å². The monoisotopic (exact) mass is 395 g/mol. The number of carbonyl (C=O) groups is 1. The molecule has 4 rings (SSSR count). The highest BCUT2D eigenvalue weighted by atomic mass is 19.1. The van der Waals surface area contributed by atoms with Crippen LogP contribution in [0.2, 0.25) is 0 Å². The summed E-state index contributed by atoms with van der Waals surface area (Å²) in [6.07, 6.45) is 4.60. The number of halogens is 2. The van der Waals surface area contributed by atoms with Gasteiger partial charge in [0.25, 0.3) is 5.56 Å². The van der Waals surface area contributed by atoms with Crippen LogP contribution in [0, 0.1) is 11.8 Å². The van der Waals surface area contributed by atoms with Gasteiger partial charge in [-0.05, 0) is 47.6 Å². The molecule has 7 heteroatoms. The van der Waals surface area contributed by atoms with Crippen molar-refractivity contribution in [1.82, 2.24) is 14.9 Å². The van der Waals surface area contributed by atoms with E-state index in [1.165, 1.54) is 18.3 Å². The number of rotatable bonds is 4. The van der Waals surface area contributed by atoms with Crippen molar-refractivity contribution in [3.8, 4) is 0 Å². The maximum Gasteiger partial charge on any atom is 0.258 e. The second-order valence-corrected chi connectivity index (χ2v) is 7.01. The molecule has 0 fully saturated rings. The number of hydrogen-bond acceptors (Lipinski definition) is 3. The summed E-state index contributed by atoms with van der Waals surface area (Å²) in [6.45, 7) is 1.01. The van der Waals surface area contributed by atoms with Gasteiger partial charge in [-0.25, -0.2) is 9.37 Å². The Morgan fingerprint density at radius 1 is 1.21 bits per heavy atom. The van der Waals surface area contributed by atoms with E-state index in [0.717, 1.165) is 11.1 Å². The Hall–Kier alpha value is -3.35. The summed E-state index contributed by atoms with van der Waals surface area (Å²) < 4.78 is 27.1. The molecule has 0 radical (unpaired) electrons. The molecule has 2 aromatic heterocycles. The number of carbonyl (C=O) groups excluding carboxylic acids is 1. The number of nitrogens with one attached hydrogen (secondary N) is 1. The van der Waals surface area contributed by atoms with Crippen LogP contribution < -0.4 is 5.56 Å². The second-order valence-electron chi connectivity index (χ2n) is 7.01. The molecule has 1 aromatic carbocycles. The molecule has 0 spiro atoms. The summed E-state index contributed by atoms with van der Waals surface area (Å²) in [5.74, 6) is -1.11. The number of benzene rings is 1. The number of fused-ring (bicyclic) bond motifs is 1. The van der Waals surface area contributed by atoms with Gasteiger partial charge in [0.15, 0.2) is 0 Å². The van der Waals surface area contributed by atoms with E-state index in [1.54, 1.807) is 29.2 Å². The fourth-order valence-corrected chi connectivity index (χ4v) is 3.63.